The van der Waals surface area contributed by atoms with Gasteiger partial charge in [-0.05, 0) is 46.7 Å². The van der Waals surface area contributed by atoms with Crippen LogP contribution in [-0.4, -0.2) is 10.7 Å². The van der Waals surface area contributed by atoms with Crippen molar-refractivity contribution < 1.29 is 9.13 Å². The van der Waals surface area contributed by atoms with Crippen LogP contribution in [-0.2, 0) is 0 Å². The quantitative estimate of drug-likeness (QED) is 0.307. The SMILES string of the molecule is Fc1ccc([C@H]2Oc3c(Cl)cc(Cl)cc3[C@@H]3CC(c4ccc5ccccc5c4)=NN23)cc1. The van der Waals surface area contributed by atoms with Crippen LogP contribution in [0.4, 0.5) is 4.39 Å². The Morgan fingerprint density at radius 2 is 1.69 bits per heavy atom. The summed E-state index contributed by atoms with van der Waals surface area (Å²) >= 11 is 12.8. The highest BCUT2D eigenvalue weighted by Crippen LogP contribution is 2.50. The summed E-state index contributed by atoms with van der Waals surface area (Å²) in [5.74, 6) is 0.301. The van der Waals surface area contributed by atoms with Crippen LogP contribution < -0.4 is 4.74 Å². The van der Waals surface area contributed by atoms with Gasteiger partial charge in [0.25, 0.3) is 0 Å². The molecule has 6 heteroatoms. The molecule has 158 valence electrons. The summed E-state index contributed by atoms with van der Waals surface area (Å²) in [5, 5.41) is 10.3. The summed E-state index contributed by atoms with van der Waals surface area (Å²) in [6.45, 7) is 0. The Morgan fingerprint density at radius 3 is 2.50 bits per heavy atom. The molecule has 0 aromatic heterocycles. The third kappa shape index (κ3) is 3.22. The number of benzene rings is 4. The molecule has 0 bridgehead atoms. The van der Waals surface area contributed by atoms with Crippen LogP contribution in [0.25, 0.3) is 10.8 Å². The lowest BCUT2D eigenvalue weighted by atomic mass is 9.95. The van der Waals surface area contributed by atoms with Gasteiger partial charge in [0, 0.05) is 22.6 Å². The van der Waals surface area contributed by atoms with E-state index in [0.29, 0.717) is 22.2 Å². The topological polar surface area (TPSA) is 24.8 Å². The zero-order chi connectivity index (χ0) is 21.8. The van der Waals surface area contributed by atoms with Crippen LogP contribution in [0.5, 0.6) is 5.75 Å². The lowest BCUT2D eigenvalue weighted by Gasteiger charge is -2.38. The average molecular weight is 463 g/mol. The molecule has 0 saturated carbocycles. The smallest absolute Gasteiger partial charge is 0.213 e. The van der Waals surface area contributed by atoms with Crippen molar-refractivity contribution in [2.45, 2.75) is 18.7 Å². The average Bonchev–Trinajstić information content (AvgIpc) is 3.25. The summed E-state index contributed by atoms with van der Waals surface area (Å²) in [4.78, 5) is 0. The van der Waals surface area contributed by atoms with Gasteiger partial charge in [0.05, 0.1) is 16.8 Å². The van der Waals surface area contributed by atoms with Crippen LogP contribution in [0.3, 0.4) is 0 Å². The number of nitrogens with zero attached hydrogens (tertiary/aromatic N) is 2. The van der Waals surface area contributed by atoms with Crippen molar-refractivity contribution in [1.29, 1.82) is 0 Å². The molecule has 2 aliphatic rings. The molecule has 0 radical (unpaired) electrons. The van der Waals surface area contributed by atoms with E-state index >= 15 is 0 Å². The molecular weight excluding hydrogens is 446 g/mol. The number of fused-ring (bicyclic) bond motifs is 4. The molecule has 0 N–H and O–H groups in total. The molecular formula is C26H17Cl2FN2O. The van der Waals surface area contributed by atoms with Crippen molar-refractivity contribution in [2.75, 3.05) is 0 Å². The van der Waals surface area contributed by atoms with E-state index in [0.717, 1.165) is 27.8 Å². The van der Waals surface area contributed by atoms with Gasteiger partial charge in [-0.2, -0.15) is 5.10 Å². The van der Waals surface area contributed by atoms with Gasteiger partial charge in [0.2, 0.25) is 6.23 Å². The molecule has 0 aliphatic carbocycles. The van der Waals surface area contributed by atoms with Crippen LogP contribution in [0.15, 0.2) is 84.0 Å². The third-order valence-electron chi connectivity index (χ3n) is 6.05. The molecule has 2 aliphatic heterocycles. The molecule has 4 aromatic carbocycles. The van der Waals surface area contributed by atoms with Gasteiger partial charge in [-0.3, -0.25) is 0 Å². The van der Waals surface area contributed by atoms with Crippen LogP contribution >= 0.6 is 23.2 Å². The van der Waals surface area contributed by atoms with E-state index in [1.165, 1.54) is 17.5 Å². The second-order valence-corrected chi connectivity index (χ2v) is 8.88. The minimum Gasteiger partial charge on any atom is -0.463 e. The Morgan fingerprint density at radius 1 is 0.906 bits per heavy atom. The summed E-state index contributed by atoms with van der Waals surface area (Å²) in [6, 6.07) is 24.4. The largest absolute Gasteiger partial charge is 0.463 e. The first-order valence-electron chi connectivity index (χ1n) is 10.3. The molecule has 32 heavy (non-hydrogen) atoms. The highest BCUT2D eigenvalue weighted by Gasteiger charge is 2.42. The Kier molecular flexibility index (Phi) is 4.60. The second kappa shape index (κ2) is 7.51. The zero-order valence-electron chi connectivity index (χ0n) is 16.8. The number of hydrogen-bond acceptors (Lipinski definition) is 3. The molecule has 2 heterocycles. The van der Waals surface area contributed by atoms with Gasteiger partial charge >= 0.3 is 0 Å². The van der Waals surface area contributed by atoms with E-state index < -0.39 is 6.23 Å². The molecule has 0 amide bonds. The summed E-state index contributed by atoms with van der Waals surface area (Å²) in [7, 11) is 0. The summed E-state index contributed by atoms with van der Waals surface area (Å²) < 4.78 is 19.9. The lowest BCUT2D eigenvalue weighted by Crippen LogP contribution is -2.33. The van der Waals surface area contributed by atoms with Crippen LogP contribution in [0.2, 0.25) is 10.0 Å². The molecule has 0 fully saturated rings. The van der Waals surface area contributed by atoms with Gasteiger partial charge in [0.1, 0.15) is 11.6 Å². The van der Waals surface area contributed by atoms with Gasteiger partial charge in [-0.25, -0.2) is 9.40 Å². The molecule has 4 aromatic rings. The minimum absolute atomic E-state index is 0.0912. The highest BCUT2D eigenvalue weighted by molar-refractivity contribution is 6.35. The maximum Gasteiger partial charge on any atom is 0.213 e. The number of halogens is 3. The standard InChI is InChI=1S/C26H17Cl2FN2O/c27-19-12-21-24-14-23(18-6-5-15-3-1-2-4-17(15)11-18)30-31(24)26(32-25(21)22(28)13-19)16-7-9-20(29)10-8-16/h1-13,24,26H,14H2/t24-,26+/m0/s1. The van der Waals surface area contributed by atoms with Gasteiger partial charge in [0.15, 0.2) is 0 Å². The van der Waals surface area contributed by atoms with Crippen LogP contribution in [0, 0.1) is 5.82 Å². The third-order valence-corrected chi connectivity index (χ3v) is 6.54. The van der Waals surface area contributed by atoms with E-state index in [2.05, 4.69) is 30.3 Å². The highest BCUT2D eigenvalue weighted by atomic mass is 35.5. The Hall–Kier alpha value is -3.08. The first kappa shape index (κ1) is 19.6. The minimum atomic E-state index is -0.523. The molecule has 3 nitrogen and oxygen atoms in total. The van der Waals surface area contributed by atoms with Crippen LogP contribution in [0.1, 0.15) is 35.4 Å². The Bertz CT molecular complexity index is 1390. The number of hydrogen-bond donors (Lipinski definition) is 0. The summed E-state index contributed by atoms with van der Waals surface area (Å²) in [5.41, 5.74) is 3.73. The molecule has 0 saturated heterocycles. The molecule has 0 unspecified atom stereocenters. The fourth-order valence-electron chi connectivity index (χ4n) is 4.51. The maximum absolute atomic E-state index is 13.6. The fraction of sp³-hybridized carbons (Fsp3) is 0.115. The number of hydrazone groups is 1. The maximum atomic E-state index is 13.6. The summed E-state index contributed by atoms with van der Waals surface area (Å²) in [6.07, 6.45) is 0.160. The Labute approximate surface area is 194 Å². The van der Waals surface area contributed by atoms with Crippen molar-refractivity contribution in [3.8, 4) is 5.75 Å². The van der Waals surface area contributed by atoms with E-state index in [1.54, 1.807) is 18.2 Å². The van der Waals surface area contributed by atoms with E-state index in [4.69, 9.17) is 33.0 Å². The van der Waals surface area contributed by atoms with Crippen molar-refractivity contribution in [2.24, 2.45) is 5.10 Å². The van der Waals surface area contributed by atoms with E-state index in [9.17, 15) is 4.39 Å². The normalized spacial score (nSPS) is 19.3. The zero-order valence-corrected chi connectivity index (χ0v) is 18.3. The van der Waals surface area contributed by atoms with E-state index in [-0.39, 0.29) is 11.9 Å². The predicted molar refractivity (Wildman–Crippen MR) is 126 cm³/mol. The number of ether oxygens (including phenoxy) is 1. The second-order valence-electron chi connectivity index (χ2n) is 8.04. The first-order chi connectivity index (χ1) is 15.6. The first-order valence-corrected chi connectivity index (χ1v) is 11.1. The fourth-order valence-corrected chi connectivity index (χ4v) is 5.06. The van der Waals surface area contributed by atoms with Gasteiger partial charge in [-0.15, -0.1) is 0 Å². The van der Waals surface area contributed by atoms with Crippen molar-refractivity contribution in [1.82, 2.24) is 5.01 Å². The van der Waals surface area contributed by atoms with Gasteiger partial charge < -0.3 is 4.74 Å². The monoisotopic (exact) mass is 462 g/mol. The lowest BCUT2D eigenvalue weighted by molar-refractivity contribution is -0.0189. The number of rotatable bonds is 2. The molecule has 2 atom stereocenters. The van der Waals surface area contributed by atoms with Crippen molar-refractivity contribution in [3.63, 3.8) is 0 Å². The predicted octanol–water partition coefficient (Wildman–Crippen LogP) is 7.53. The van der Waals surface area contributed by atoms with Crippen molar-refractivity contribution in [3.05, 3.63) is 111 Å². The van der Waals surface area contributed by atoms with Gasteiger partial charge in [-0.1, -0.05) is 71.7 Å². The Balaban J connectivity index is 1.47. The molecule has 6 rings (SSSR count). The van der Waals surface area contributed by atoms with Crippen molar-refractivity contribution >= 4 is 39.7 Å². The van der Waals surface area contributed by atoms with E-state index in [1.807, 2.05) is 23.2 Å². The molecule has 0 spiro atoms.